The van der Waals surface area contributed by atoms with Crippen molar-refractivity contribution in [2.75, 3.05) is 17.2 Å². The van der Waals surface area contributed by atoms with Gasteiger partial charge in [0.05, 0.1) is 27.3 Å². The molecule has 0 saturated heterocycles. The highest BCUT2D eigenvalue weighted by atomic mass is 35.5. The molecule has 0 aliphatic rings. The van der Waals surface area contributed by atoms with Crippen LogP contribution < -0.4 is 10.6 Å². The lowest BCUT2D eigenvalue weighted by Gasteiger charge is -2.11. The number of halogens is 4. The average molecular weight is 378 g/mol. The number of hydrogen-bond acceptors (Lipinski definition) is 2. The molecule has 0 spiro atoms. The molecule has 0 saturated carbocycles. The largest absolute Gasteiger partial charge is 0.375 e. The second-order valence-corrected chi connectivity index (χ2v) is 6.24. The van der Waals surface area contributed by atoms with Crippen LogP contribution in [0.5, 0.6) is 0 Å². The first-order valence-corrected chi connectivity index (χ1v) is 7.82. The first-order chi connectivity index (χ1) is 10.4. The van der Waals surface area contributed by atoms with E-state index in [1.54, 1.807) is 18.2 Å². The zero-order valence-corrected chi connectivity index (χ0v) is 14.5. The van der Waals surface area contributed by atoms with Crippen molar-refractivity contribution in [2.24, 2.45) is 0 Å². The number of amides is 1. The molecule has 116 valence electrons. The quantitative estimate of drug-likeness (QED) is 0.675. The number of hydrogen-bond donors (Lipinski definition) is 2. The van der Waals surface area contributed by atoms with E-state index in [0.717, 1.165) is 5.56 Å². The highest BCUT2D eigenvalue weighted by molar-refractivity contribution is 6.44. The molecule has 0 unspecified atom stereocenters. The van der Waals surface area contributed by atoms with Crippen molar-refractivity contribution < 1.29 is 4.79 Å². The maximum atomic E-state index is 11.9. The van der Waals surface area contributed by atoms with Crippen LogP contribution in [0.1, 0.15) is 5.56 Å². The van der Waals surface area contributed by atoms with Crippen LogP contribution in [0.3, 0.4) is 0 Å². The van der Waals surface area contributed by atoms with Gasteiger partial charge >= 0.3 is 0 Å². The molecule has 0 aromatic heterocycles. The van der Waals surface area contributed by atoms with Gasteiger partial charge in [0.2, 0.25) is 5.91 Å². The molecule has 0 fully saturated rings. The van der Waals surface area contributed by atoms with Gasteiger partial charge in [-0.3, -0.25) is 4.79 Å². The van der Waals surface area contributed by atoms with E-state index in [1.807, 2.05) is 13.0 Å². The van der Waals surface area contributed by atoms with Crippen LogP contribution in [-0.2, 0) is 4.79 Å². The molecule has 0 atom stereocenters. The first-order valence-electron chi connectivity index (χ1n) is 6.31. The van der Waals surface area contributed by atoms with Gasteiger partial charge in [-0.25, -0.2) is 0 Å². The Labute approximate surface area is 148 Å². The van der Waals surface area contributed by atoms with Crippen molar-refractivity contribution in [2.45, 2.75) is 6.92 Å². The maximum absolute atomic E-state index is 11.9. The Bertz CT molecular complexity index is 719. The van der Waals surface area contributed by atoms with Crippen LogP contribution in [-0.4, -0.2) is 12.5 Å². The average Bonchev–Trinajstić information content (AvgIpc) is 2.45. The molecule has 22 heavy (non-hydrogen) atoms. The second-order valence-electron chi connectivity index (χ2n) is 4.61. The maximum Gasteiger partial charge on any atom is 0.243 e. The summed E-state index contributed by atoms with van der Waals surface area (Å²) in [5.74, 6) is -0.234. The van der Waals surface area contributed by atoms with Crippen molar-refractivity contribution in [1.29, 1.82) is 0 Å². The molecule has 0 radical (unpaired) electrons. The Morgan fingerprint density at radius 1 is 0.955 bits per heavy atom. The minimum atomic E-state index is -0.234. The first kappa shape index (κ1) is 17.2. The fourth-order valence-electron chi connectivity index (χ4n) is 1.71. The Kier molecular flexibility index (Phi) is 5.81. The number of rotatable bonds is 4. The molecule has 0 bridgehead atoms. The minimum absolute atomic E-state index is 0.0309. The monoisotopic (exact) mass is 376 g/mol. The van der Waals surface area contributed by atoms with Gasteiger partial charge in [0, 0.05) is 10.7 Å². The van der Waals surface area contributed by atoms with E-state index >= 15 is 0 Å². The number of benzene rings is 2. The Balaban J connectivity index is 1.98. The summed E-state index contributed by atoms with van der Waals surface area (Å²) in [6.07, 6.45) is 0. The molecule has 2 aromatic carbocycles. The summed E-state index contributed by atoms with van der Waals surface area (Å²) in [7, 11) is 0. The van der Waals surface area contributed by atoms with Crippen molar-refractivity contribution in [3.8, 4) is 0 Å². The summed E-state index contributed by atoms with van der Waals surface area (Å²) in [5, 5.41) is 7.35. The predicted molar refractivity (Wildman–Crippen MR) is 94.8 cm³/mol. The van der Waals surface area contributed by atoms with Gasteiger partial charge in [0.15, 0.2) is 0 Å². The zero-order valence-electron chi connectivity index (χ0n) is 11.5. The Hall–Kier alpha value is -1.13. The topological polar surface area (TPSA) is 41.1 Å². The molecule has 7 heteroatoms. The fourth-order valence-corrected chi connectivity index (χ4v) is 2.50. The summed E-state index contributed by atoms with van der Waals surface area (Å²) in [4.78, 5) is 11.9. The fraction of sp³-hybridized carbons (Fsp3) is 0.133. The van der Waals surface area contributed by atoms with Crippen molar-refractivity contribution in [3.63, 3.8) is 0 Å². The van der Waals surface area contributed by atoms with Crippen LogP contribution in [0.25, 0.3) is 0 Å². The van der Waals surface area contributed by atoms with Crippen LogP contribution >= 0.6 is 46.4 Å². The Morgan fingerprint density at radius 2 is 1.64 bits per heavy atom. The van der Waals surface area contributed by atoms with E-state index in [2.05, 4.69) is 10.6 Å². The third-order valence-corrected chi connectivity index (χ3v) is 4.35. The van der Waals surface area contributed by atoms with E-state index in [9.17, 15) is 4.79 Å². The highest BCUT2D eigenvalue weighted by Gasteiger charge is 2.08. The lowest BCUT2D eigenvalue weighted by atomic mass is 10.2. The molecular weight excluding hydrogens is 366 g/mol. The summed E-state index contributed by atoms with van der Waals surface area (Å²) >= 11 is 23.8. The number of aryl methyl sites for hydroxylation is 1. The van der Waals surface area contributed by atoms with Crippen molar-refractivity contribution in [3.05, 3.63) is 56.0 Å². The van der Waals surface area contributed by atoms with Crippen LogP contribution in [0.4, 0.5) is 11.4 Å². The van der Waals surface area contributed by atoms with E-state index in [-0.39, 0.29) is 12.5 Å². The van der Waals surface area contributed by atoms with E-state index < -0.39 is 0 Å². The molecule has 2 aromatic rings. The summed E-state index contributed by atoms with van der Waals surface area (Å²) in [6, 6.07) is 8.40. The van der Waals surface area contributed by atoms with Crippen molar-refractivity contribution in [1.82, 2.24) is 0 Å². The lowest BCUT2D eigenvalue weighted by molar-refractivity contribution is -0.114. The molecule has 1 amide bonds. The SMILES string of the molecule is Cc1ccc(NC(=O)CNc2cc(Cl)c(Cl)cc2Cl)cc1Cl. The number of nitrogens with one attached hydrogen (secondary N) is 2. The van der Waals surface area contributed by atoms with Gasteiger partial charge in [-0.05, 0) is 36.8 Å². The third kappa shape index (κ3) is 4.43. The lowest BCUT2D eigenvalue weighted by Crippen LogP contribution is -2.21. The van der Waals surface area contributed by atoms with Gasteiger partial charge in [-0.1, -0.05) is 52.5 Å². The van der Waals surface area contributed by atoms with E-state index in [0.29, 0.717) is 31.5 Å². The second kappa shape index (κ2) is 7.42. The molecular formula is C15H12Cl4N2O. The standard InChI is InChI=1S/C15H12Cl4N2O/c1-8-2-3-9(4-10(8)16)21-15(22)7-20-14-6-12(18)11(17)5-13(14)19/h2-6,20H,7H2,1H3,(H,21,22). The molecule has 2 N–H and O–H groups in total. The van der Waals surface area contributed by atoms with Crippen LogP contribution in [0.2, 0.25) is 20.1 Å². The van der Waals surface area contributed by atoms with E-state index in [4.69, 9.17) is 46.4 Å². The zero-order chi connectivity index (χ0) is 16.3. The van der Waals surface area contributed by atoms with Gasteiger partial charge in [0.25, 0.3) is 0 Å². The van der Waals surface area contributed by atoms with E-state index in [1.165, 1.54) is 6.07 Å². The van der Waals surface area contributed by atoms with Crippen LogP contribution in [0, 0.1) is 6.92 Å². The molecule has 0 aliphatic heterocycles. The molecule has 0 aliphatic carbocycles. The van der Waals surface area contributed by atoms with Crippen molar-refractivity contribution >= 4 is 63.7 Å². The third-order valence-electron chi connectivity index (χ3n) is 2.90. The minimum Gasteiger partial charge on any atom is -0.375 e. The molecule has 2 rings (SSSR count). The number of anilines is 2. The summed E-state index contributed by atoms with van der Waals surface area (Å²) < 4.78 is 0. The van der Waals surface area contributed by atoms with Gasteiger partial charge in [-0.2, -0.15) is 0 Å². The van der Waals surface area contributed by atoms with Gasteiger partial charge < -0.3 is 10.6 Å². The molecule has 3 nitrogen and oxygen atoms in total. The summed E-state index contributed by atoms with van der Waals surface area (Å²) in [6.45, 7) is 1.92. The van der Waals surface area contributed by atoms with Gasteiger partial charge in [-0.15, -0.1) is 0 Å². The number of carbonyl (C=O) groups excluding carboxylic acids is 1. The van der Waals surface area contributed by atoms with Crippen LogP contribution in [0.15, 0.2) is 30.3 Å². The molecule has 0 heterocycles. The van der Waals surface area contributed by atoms with Gasteiger partial charge in [0.1, 0.15) is 0 Å². The predicted octanol–water partition coefficient (Wildman–Crippen LogP) is 5.66. The highest BCUT2D eigenvalue weighted by Crippen LogP contribution is 2.32. The Morgan fingerprint density at radius 3 is 2.32 bits per heavy atom. The summed E-state index contributed by atoms with van der Waals surface area (Å²) in [5.41, 5.74) is 2.11. The smallest absolute Gasteiger partial charge is 0.243 e. The number of carbonyl (C=O) groups is 1. The normalized spacial score (nSPS) is 10.4.